The van der Waals surface area contributed by atoms with Gasteiger partial charge in [-0.3, -0.25) is 9.58 Å². The third-order valence-corrected chi connectivity index (χ3v) is 4.09. The molecule has 2 fully saturated rings. The summed E-state index contributed by atoms with van der Waals surface area (Å²) in [5.74, 6) is 0.793. The van der Waals surface area contributed by atoms with E-state index in [0.29, 0.717) is 12.1 Å². The zero-order valence-corrected chi connectivity index (χ0v) is 11.4. The number of rotatable bonds is 7. The maximum absolute atomic E-state index is 11.2. The molecule has 2 aliphatic rings. The van der Waals surface area contributed by atoms with E-state index in [4.69, 9.17) is 0 Å². The molecule has 0 radical (unpaired) electrons. The Balaban J connectivity index is 1.71. The number of aromatic carboxylic acids is 1. The second kappa shape index (κ2) is 4.96. The van der Waals surface area contributed by atoms with Gasteiger partial charge < -0.3 is 5.11 Å². The Morgan fingerprint density at radius 3 is 2.42 bits per heavy atom. The number of aromatic nitrogens is 2. The number of aryl methyl sites for hydroxylation is 1. The molecular formula is C14H21N3O2. The van der Waals surface area contributed by atoms with E-state index in [0.717, 1.165) is 30.6 Å². The van der Waals surface area contributed by atoms with Gasteiger partial charge in [-0.25, -0.2) is 4.79 Å². The first-order chi connectivity index (χ1) is 9.13. The third-order valence-electron chi connectivity index (χ3n) is 4.09. The van der Waals surface area contributed by atoms with Crippen molar-refractivity contribution in [3.05, 3.63) is 17.5 Å². The fourth-order valence-corrected chi connectivity index (χ4v) is 2.58. The van der Waals surface area contributed by atoms with Gasteiger partial charge in [0.1, 0.15) is 5.56 Å². The van der Waals surface area contributed by atoms with E-state index in [2.05, 4.69) is 10.00 Å². The Labute approximate surface area is 113 Å². The summed E-state index contributed by atoms with van der Waals surface area (Å²) < 4.78 is 1.70. The average Bonchev–Trinajstić information content (AvgIpc) is 3.24. The smallest absolute Gasteiger partial charge is 0.339 e. The van der Waals surface area contributed by atoms with Crippen molar-refractivity contribution in [3.63, 3.8) is 0 Å². The largest absolute Gasteiger partial charge is 0.478 e. The van der Waals surface area contributed by atoms with Crippen LogP contribution in [0.4, 0.5) is 0 Å². The SMILES string of the molecule is Cn1ncc(C(=O)O)c1CN(CC1CC1)CC1CC1. The first-order valence-electron chi connectivity index (χ1n) is 7.10. The molecule has 1 heterocycles. The molecule has 1 N–H and O–H groups in total. The van der Waals surface area contributed by atoms with Crippen LogP contribution in [-0.4, -0.2) is 38.8 Å². The monoisotopic (exact) mass is 263 g/mol. The van der Waals surface area contributed by atoms with Crippen LogP contribution in [0.15, 0.2) is 6.20 Å². The highest BCUT2D eigenvalue weighted by atomic mass is 16.4. The van der Waals surface area contributed by atoms with E-state index in [1.807, 2.05) is 7.05 Å². The predicted octanol–water partition coefficient (Wildman–Crippen LogP) is 1.74. The Bertz CT molecular complexity index is 461. The van der Waals surface area contributed by atoms with Gasteiger partial charge >= 0.3 is 5.97 Å². The number of carboxylic acid groups (broad SMARTS) is 1. The molecule has 0 amide bonds. The molecular weight excluding hydrogens is 242 g/mol. The van der Waals surface area contributed by atoms with Crippen molar-refractivity contribution in [3.8, 4) is 0 Å². The zero-order valence-electron chi connectivity index (χ0n) is 11.4. The molecule has 5 nitrogen and oxygen atoms in total. The molecule has 19 heavy (non-hydrogen) atoms. The van der Waals surface area contributed by atoms with Crippen LogP contribution in [0.1, 0.15) is 41.7 Å². The summed E-state index contributed by atoms with van der Waals surface area (Å²) in [5, 5.41) is 13.3. The number of carboxylic acids is 1. The summed E-state index contributed by atoms with van der Waals surface area (Å²) >= 11 is 0. The van der Waals surface area contributed by atoms with Crippen LogP contribution in [-0.2, 0) is 13.6 Å². The lowest BCUT2D eigenvalue weighted by atomic mass is 10.2. The molecule has 104 valence electrons. The number of carbonyl (C=O) groups is 1. The van der Waals surface area contributed by atoms with E-state index in [1.54, 1.807) is 4.68 Å². The van der Waals surface area contributed by atoms with Crippen LogP contribution in [0.25, 0.3) is 0 Å². The van der Waals surface area contributed by atoms with Gasteiger partial charge in [0.05, 0.1) is 11.9 Å². The maximum Gasteiger partial charge on any atom is 0.339 e. The maximum atomic E-state index is 11.2. The molecule has 0 bridgehead atoms. The molecule has 0 spiro atoms. The molecule has 0 saturated heterocycles. The summed E-state index contributed by atoms with van der Waals surface area (Å²) in [5.41, 5.74) is 1.17. The summed E-state index contributed by atoms with van der Waals surface area (Å²) in [7, 11) is 1.83. The van der Waals surface area contributed by atoms with Gasteiger partial charge in [-0.1, -0.05) is 0 Å². The fourth-order valence-electron chi connectivity index (χ4n) is 2.58. The Hall–Kier alpha value is -1.36. The highest BCUT2D eigenvalue weighted by Gasteiger charge is 2.30. The van der Waals surface area contributed by atoms with E-state index in [-0.39, 0.29) is 0 Å². The van der Waals surface area contributed by atoms with Crippen LogP contribution in [0.3, 0.4) is 0 Å². The van der Waals surface area contributed by atoms with Crippen molar-refractivity contribution in [1.29, 1.82) is 0 Å². The van der Waals surface area contributed by atoms with Gasteiger partial charge in [0, 0.05) is 26.7 Å². The molecule has 0 aromatic carbocycles. The summed E-state index contributed by atoms with van der Waals surface area (Å²) in [4.78, 5) is 13.6. The van der Waals surface area contributed by atoms with E-state index in [1.165, 1.54) is 31.9 Å². The average molecular weight is 263 g/mol. The normalized spacial score (nSPS) is 19.1. The number of nitrogens with zero attached hydrogens (tertiary/aromatic N) is 3. The van der Waals surface area contributed by atoms with Crippen LogP contribution in [0, 0.1) is 11.8 Å². The van der Waals surface area contributed by atoms with Gasteiger partial charge in [-0.15, -0.1) is 0 Å². The van der Waals surface area contributed by atoms with Gasteiger partial charge in [-0.2, -0.15) is 5.10 Å². The third kappa shape index (κ3) is 3.15. The lowest BCUT2D eigenvalue weighted by molar-refractivity contribution is 0.0694. The van der Waals surface area contributed by atoms with Gasteiger partial charge in [0.25, 0.3) is 0 Å². The quantitative estimate of drug-likeness (QED) is 0.814. The van der Waals surface area contributed by atoms with Crippen LogP contribution in [0.2, 0.25) is 0 Å². The summed E-state index contributed by atoms with van der Waals surface area (Å²) in [6.45, 7) is 2.94. The Kier molecular flexibility index (Phi) is 3.31. The first kappa shape index (κ1) is 12.7. The predicted molar refractivity (Wildman–Crippen MR) is 70.9 cm³/mol. The molecule has 0 aliphatic heterocycles. The van der Waals surface area contributed by atoms with Crippen molar-refractivity contribution in [2.75, 3.05) is 13.1 Å². The van der Waals surface area contributed by atoms with E-state index < -0.39 is 5.97 Å². The lowest BCUT2D eigenvalue weighted by Gasteiger charge is -2.22. The molecule has 1 aromatic rings. The van der Waals surface area contributed by atoms with E-state index in [9.17, 15) is 9.90 Å². The molecule has 0 atom stereocenters. The topological polar surface area (TPSA) is 58.4 Å². The van der Waals surface area contributed by atoms with Crippen LogP contribution in [0.5, 0.6) is 0 Å². The minimum absolute atomic E-state index is 0.346. The Morgan fingerprint density at radius 2 is 1.95 bits per heavy atom. The summed E-state index contributed by atoms with van der Waals surface area (Å²) in [6.07, 6.45) is 6.79. The van der Waals surface area contributed by atoms with Crippen molar-refractivity contribution in [1.82, 2.24) is 14.7 Å². The minimum atomic E-state index is -0.874. The fraction of sp³-hybridized carbons (Fsp3) is 0.714. The highest BCUT2D eigenvalue weighted by molar-refractivity contribution is 5.88. The highest BCUT2D eigenvalue weighted by Crippen LogP contribution is 2.34. The van der Waals surface area contributed by atoms with Gasteiger partial charge in [-0.05, 0) is 37.5 Å². The van der Waals surface area contributed by atoms with Crippen molar-refractivity contribution in [2.45, 2.75) is 32.2 Å². The lowest BCUT2D eigenvalue weighted by Crippen LogP contribution is -2.29. The molecule has 1 aromatic heterocycles. The van der Waals surface area contributed by atoms with Crippen LogP contribution < -0.4 is 0 Å². The van der Waals surface area contributed by atoms with Crippen molar-refractivity contribution in [2.24, 2.45) is 18.9 Å². The molecule has 2 saturated carbocycles. The molecule has 5 heteroatoms. The zero-order chi connectivity index (χ0) is 13.4. The number of hydrogen-bond donors (Lipinski definition) is 1. The first-order valence-corrected chi connectivity index (χ1v) is 7.10. The standard InChI is InChI=1S/C14H21N3O2/c1-16-13(12(6-15-16)14(18)19)9-17(7-10-2-3-10)8-11-4-5-11/h6,10-11H,2-5,7-9H2,1H3,(H,18,19). The molecule has 0 unspecified atom stereocenters. The second-order valence-corrected chi connectivity index (χ2v) is 6.01. The van der Waals surface area contributed by atoms with E-state index >= 15 is 0 Å². The second-order valence-electron chi connectivity index (χ2n) is 6.01. The summed E-state index contributed by atoms with van der Waals surface area (Å²) in [6, 6.07) is 0. The molecule has 3 rings (SSSR count). The van der Waals surface area contributed by atoms with Crippen molar-refractivity contribution < 1.29 is 9.90 Å². The minimum Gasteiger partial charge on any atom is -0.478 e. The molecule has 2 aliphatic carbocycles. The number of hydrogen-bond acceptors (Lipinski definition) is 3. The van der Waals surface area contributed by atoms with Crippen LogP contribution >= 0.6 is 0 Å². The Morgan fingerprint density at radius 1 is 1.37 bits per heavy atom. The van der Waals surface area contributed by atoms with Crippen molar-refractivity contribution >= 4 is 5.97 Å². The van der Waals surface area contributed by atoms with Gasteiger partial charge in [0.2, 0.25) is 0 Å². The van der Waals surface area contributed by atoms with Gasteiger partial charge in [0.15, 0.2) is 0 Å².